The third-order valence-corrected chi connectivity index (χ3v) is 5.83. The number of carbonyl (C=O) groups excluding carboxylic acids is 1. The van der Waals surface area contributed by atoms with Crippen molar-refractivity contribution in [3.8, 4) is 0 Å². The van der Waals surface area contributed by atoms with E-state index in [0.29, 0.717) is 6.42 Å². The lowest BCUT2D eigenvalue weighted by Crippen LogP contribution is -2.30. The first-order chi connectivity index (χ1) is 11.6. The first-order valence-corrected chi connectivity index (χ1v) is 9.45. The molecule has 24 heavy (non-hydrogen) atoms. The van der Waals surface area contributed by atoms with Crippen LogP contribution < -0.4 is 0 Å². The van der Waals surface area contributed by atoms with Crippen molar-refractivity contribution in [1.29, 1.82) is 0 Å². The van der Waals surface area contributed by atoms with Crippen LogP contribution in [0.25, 0.3) is 0 Å². The van der Waals surface area contributed by atoms with Crippen LogP contribution >= 0.6 is 15.9 Å². The first kappa shape index (κ1) is 17.2. The largest absolute Gasteiger partial charge is 0.336 e. The molecule has 1 atom stereocenters. The molecule has 0 spiro atoms. The molecule has 0 saturated carbocycles. The van der Waals surface area contributed by atoms with Gasteiger partial charge in [0.2, 0.25) is 5.91 Å². The van der Waals surface area contributed by atoms with Crippen LogP contribution in [0.1, 0.15) is 47.6 Å². The normalized spacial score (nSPS) is 17.3. The second-order valence-electron chi connectivity index (χ2n) is 6.68. The van der Waals surface area contributed by atoms with Crippen LogP contribution in [0.15, 0.2) is 46.9 Å². The number of halogens is 1. The number of rotatable bonds is 4. The van der Waals surface area contributed by atoms with Gasteiger partial charge in [-0.2, -0.15) is 0 Å². The predicted molar refractivity (Wildman–Crippen MR) is 102 cm³/mol. The van der Waals surface area contributed by atoms with Crippen LogP contribution in [-0.4, -0.2) is 17.4 Å². The fraction of sp³-hybridized carbons (Fsp3) is 0.381. The third-order valence-electron chi connectivity index (χ3n) is 5.05. The van der Waals surface area contributed by atoms with Gasteiger partial charge in [0.1, 0.15) is 0 Å². The van der Waals surface area contributed by atoms with Crippen molar-refractivity contribution < 1.29 is 4.79 Å². The average molecular weight is 386 g/mol. The van der Waals surface area contributed by atoms with Crippen molar-refractivity contribution in [3.63, 3.8) is 0 Å². The number of aryl methyl sites for hydroxylation is 3. The van der Waals surface area contributed by atoms with Crippen LogP contribution in [0, 0.1) is 13.8 Å². The highest BCUT2D eigenvalue weighted by atomic mass is 79.9. The molecule has 1 amide bonds. The molecule has 1 unspecified atom stereocenters. The lowest BCUT2D eigenvalue weighted by Gasteiger charge is -2.26. The Bertz CT molecular complexity index is 740. The maximum Gasteiger partial charge on any atom is 0.223 e. The van der Waals surface area contributed by atoms with Gasteiger partial charge in [-0.05, 0) is 61.4 Å². The van der Waals surface area contributed by atoms with Gasteiger partial charge in [0.25, 0.3) is 0 Å². The minimum Gasteiger partial charge on any atom is -0.336 e. The van der Waals surface area contributed by atoms with Crippen molar-refractivity contribution in [1.82, 2.24) is 4.90 Å². The van der Waals surface area contributed by atoms with E-state index in [1.807, 2.05) is 18.2 Å². The van der Waals surface area contributed by atoms with Crippen LogP contribution in [0.3, 0.4) is 0 Å². The molecule has 2 aromatic carbocycles. The standard InChI is InChI=1S/C21H24BrNO/c1-15-9-10-18(14-16(15)2)20-8-5-13-23(20)21(24)12-11-17-6-3-4-7-19(17)22/h3-4,6-7,9-10,14,20H,5,8,11-13H2,1-2H3. The highest BCUT2D eigenvalue weighted by molar-refractivity contribution is 9.10. The van der Waals surface area contributed by atoms with E-state index in [1.165, 1.54) is 22.3 Å². The maximum absolute atomic E-state index is 12.8. The summed E-state index contributed by atoms with van der Waals surface area (Å²) < 4.78 is 1.09. The summed E-state index contributed by atoms with van der Waals surface area (Å²) in [6.45, 7) is 5.16. The Morgan fingerprint density at radius 2 is 1.96 bits per heavy atom. The van der Waals surface area contributed by atoms with Crippen molar-refractivity contribution >= 4 is 21.8 Å². The number of hydrogen-bond donors (Lipinski definition) is 0. The monoisotopic (exact) mass is 385 g/mol. The lowest BCUT2D eigenvalue weighted by atomic mass is 9.99. The van der Waals surface area contributed by atoms with Gasteiger partial charge in [-0.15, -0.1) is 0 Å². The molecule has 2 aromatic rings. The third kappa shape index (κ3) is 3.72. The molecule has 3 rings (SSSR count). The minimum absolute atomic E-state index is 0.246. The second-order valence-corrected chi connectivity index (χ2v) is 7.53. The van der Waals surface area contributed by atoms with Crippen molar-refractivity contribution in [2.24, 2.45) is 0 Å². The van der Waals surface area contributed by atoms with E-state index >= 15 is 0 Å². The van der Waals surface area contributed by atoms with Crippen molar-refractivity contribution in [3.05, 3.63) is 69.2 Å². The maximum atomic E-state index is 12.8. The van der Waals surface area contributed by atoms with E-state index < -0.39 is 0 Å². The molecule has 1 aliphatic heterocycles. The van der Waals surface area contributed by atoms with Gasteiger partial charge in [-0.25, -0.2) is 0 Å². The summed E-state index contributed by atoms with van der Waals surface area (Å²) in [4.78, 5) is 14.9. The van der Waals surface area contributed by atoms with Gasteiger partial charge in [0.05, 0.1) is 6.04 Å². The van der Waals surface area contributed by atoms with Gasteiger partial charge >= 0.3 is 0 Å². The van der Waals surface area contributed by atoms with Crippen molar-refractivity contribution in [2.75, 3.05) is 6.54 Å². The molecular formula is C21H24BrNO. The van der Waals surface area contributed by atoms with Crippen LogP contribution in [-0.2, 0) is 11.2 Å². The molecule has 1 fully saturated rings. The Labute approximate surface area is 153 Å². The summed E-state index contributed by atoms with van der Waals surface area (Å²) in [6, 6.07) is 15.0. The van der Waals surface area contributed by atoms with Crippen LogP contribution in [0.2, 0.25) is 0 Å². The number of amides is 1. The Hall–Kier alpha value is -1.61. The molecule has 0 aromatic heterocycles. The summed E-state index contributed by atoms with van der Waals surface area (Å²) in [5, 5.41) is 0. The zero-order chi connectivity index (χ0) is 17.1. The Morgan fingerprint density at radius 3 is 2.71 bits per heavy atom. The number of benzene rings is 2. The molecule has 1 aliphatic rings. The SMILES string of the molecule is Cc1ccc(C2CCCN2C(=O)CCc2ccccc2Br)cc1C. The van der Waals surface area contributed by atoms with E-state index in [-0.39, 0.29) is 11.9 Å². The van der Waals surface area contributed by atoms with E-state index in [2.05, 4.69) is 58.9 Å². The molecular weight excluding hydrogens is 362 g/mol. The average Bonchev–Trinajstić information content (AvgIpc) is 3.06. The molecule has 0 radical (unpaired) electrons. The smallest absolute Gasteiger partial charge is 0.223 e. The molecule has 0 aliphatic carbocycles. The molecule has 1 heterocycles. The summed E-state index contributed by atoms with van der Waals surface area (Å²) in [6.07, 6.45) is 3.53. The topological polar surface area (TPSA) is 20.3 Å². The fourth-order valence-corrected chi connectivity index (χ4v) is 3.95. The van der Waals surface area contributed by atoms with Gasteiger partial charge in [0.15, 0.2) is 0 Å². The summed E-state index contributed by atoms with van der Waals surface area (Å²) in [5.41, 5.74) is 5.10. The number of carbonyl (C=O) groups is 1. The number of nitrogens with zero attached hydrogens (tertiary/aromatic N) is 1. The summed E-state index contributed by atoms with van der Waals surface area (Å²) in [5.74, 6) is 0.270. The van der Waals surface area contributed by atoms with E-state index in [0.717, 1.165) is 30.3 Å². The lowest BCUT2D eigenvalue weighted by molar-refractivity contribution is -0.132. The predicted octanol–water partition coefficient (Wildman–Crippen LogP) is 5.36. The molecule has 1 saturated heterocycles. The molecule has 0 N–H and O–H groups in total. The Kier molecular flexibility index (Phi) is 5.40. The Morgan fingerprint density at radius 1 is 1.17 bits per heavy atom. The number of likely N-dealkylation sites (tertiary alicyclic amines) is 1. The fourth-order valence-electron chi connectivity index (χ4n) is 3.47. The Balaban J connectivity index is 1.69. The van der Waals surface area contributed by atoms with Gasteiger partial charge in [-0.3, -0.25) is 4.79 Å². The molecule has 126 valence electrons. The molecule has 3 heteroatoms. The van der Waals surface area contributed by atoms with Crippen LogP contribution in [0.5, 0.6) is 0 Å². The minimum atomic E-state index is 0.246. The number of hydrogen-bond acceptors (Lipinski definition) is 1. The van der Waals surface area contributed by atoms with E-state index in [9.17, 15) is 4.79 Å². The van der Waals surface area contributed by atoms with Crippen LogP contribution in [0.4, 0.5) is 0 Å². The summed E-state index contributed by atoms with van der Waals surface area (Å²) >= 11 is 3.57. The zero-order valence-corrected chi connectivity index (χ0v) is 16.0. The van der Waals surface area contributed by atoms with Gasteiger partial charge in [0, 0.05) is 17.4 Å². The molecule has 2 nitrogen and oxygen atoms in total. The first-order valence-electron chi connectivity index (χ1n) is 8.66. The quantitative estimate of drug-likeness (QED) is 0.693. The second kappa shape index (κ2) is 7.52. The van der Waals surface area contributed by atoms with E-state index in [1.54, 1.807) is 0 Å². The van der Waals surface area contributed by atoms with Gasteiger partial charge < -0.3 is 4.90 Å². The molecule has 0 bridgehead atoms. The van der Waals surface area contributed by atoms with E-state index in [4.69, 9.17) is 0 Å². The zero-order valence-electron chi connectivity index (χ0n) is 14.4. The van der Waals surface area contributed by atoms with Crippen molar-refractivity contribution in [2.45, 2.75) is 45.6 Å². The summed E-state index contributed by atoms with van der Waals surface area (Å²) in [7, 11) is 0. The van der Waals surface area contributed by atoms with Gasteiger partial charge in [-0.1, -0.05) is 52.3 Å². The highest BCUT2D eigenvalue weighted by Crippen LogP contribution is 2.33. The highest BCUT2D eigenvalue weighted by Gasteiger charge is 2.29.